The number of halogens is 1. The fourth-order valence-corrected chi connectivity index (χ4v) is 1.51. The van der Waals surface area contributed by atoms with Gasteiger partial charge in [-0.3, -0.25) is 0 Å². The molecule has 2 aromatic rings. The van der Waals surface area contributed by atoms with E-state index in [1.165, 1.54) is 16.7 Å². The van der Waals surface area contributed by atoms with E-state index in [0.29, 0.717) is 11.3 Å². The van der Waals surface area contributed by atoms with Crippen LogP contribution in [-0.4, -0.2) is 15.6 Å². The third-order valence-corrected chi connectivity index (χ3v) is 2.40. The molecule has 16 heavy (non-hydrogen) atoms. The van der Waals surface area contributed by atoms with E-state index in [9.17, 15) is 9.18 Å². The van der Waals surface area contributed by atoms with Crippen LogP contribution in [0.3, 0.4) is 0 Å². The molecule has 0 atom stereocenters. The van der Waals surface area contributed by atoms with E-state index < -0.39 is 5.97 Å². The number of carboxylic acids is 1. The van der Waals surface area contributed by atoms with Crippen molar-refractivity contribution in [1.82, 2.24) is 4.57 Å². The van der Waals surface area contributed by atoms with Crippen LogP contribution in [0.25, 0.3) is 5.69 Å². The number of carbonyl (C=O) groups is 1. The Balaban J connectivity index is 2.54. The second kappa shape index (κ2) is 3.81. The molecule has 0 amide bonds. The smallest absolute Gasteiger partial charge is 0.352 e. The lowest BCUT2D eigenvalue weighted by molar-refractivity contribution is 0.0688. The van der Waals surface area contributed by atoms with Gasteiger partial charge in [0.25, 0.3) is 0 Å². The highest BCUT2D eigenvalue weighted by Gasteiger charge is 2.10. The zero-order valence-electron chi connectivity index (χ0n) is 8.64. The van der Waals surface area contributed by atoms with Crippen LogP contribution in [0.5, 0.6) is 0 Å². The zero-order valence-corrected chi connectivity index (χ0v) is 8.64. The third-order valence-electron chi connectivity index (χ3n) is 2.40. The monoisotopic (exact) mass is 219 g/mol. The summed E-state index contributed by atoms with van der Waals surface area (Å²) in [7, 11) is 0. The maximum atomic E-state index is 13.3. The van der Waals surface area contributed by atoms with Gasteiger partial charge in [-0.2, -0.15) is 0 Å². The average molecular weight is 219 g/mol. The Morgan fingerprint density at radius 1 is 1.38 bits per heavy atom. The van der Waals surface area contributed by atoms with Crippen LogP contribution in [0, 0.1) is 12.7 Å². The Labute approximate surface area is 91.8 Å². The van der Waals surface area contributed by atoms with Crippen LogP contribution in [-0.2, 0) is 0 Å². The first-order chi connectivity index (χ1) is 7.59. The normalized spacial score (nSPS) is 10.4. The molecule has 2 rings (SSSR count). The number of hydrogen-bond acceptors (Lipinski definition) is 1. The topological polar surface area (TPSA) is 42.2 Å². The Hall–Kier alpha value is -2.10. The summed E-state index contributed by atoms with van der Waals surface area (Å²) >= 11 is 0. The van der Waals surface area contributed by atoms with E-state index in [0.717, 1.165) is 0 Å². The van der Waals surface area contributed by atoms with Crippen molar-refractivity contribution in [3.05, 3.63) is 53.6 Å². The SMILES string of the molecule is Cc1ccc(-n2cccc2C(=O)O)cc1F. The van der Waals surface area contributed by atoms with Gasteiger partial charge in [0.05, 0.1) is 0 Å². The van der Waals surface area contributed by atoms with Crippen molar-refractivity contribution in [2.75, 3.05) is 0 Å². The molecule has 0 aliphatic carbocycles. The van der Waals surface area contributed by atoms with E-state index in [-0.39, 0.29) is 11.5 Å². The van der Waals surface area contributed by atoms with E-state index in [1.54, 1.807) is 31.3 Å². The van der Waals surface area contributed by atoms with Crippen molar-refractivity contribution >= 4 is 5.97 Å². The predicted octanol–water partition coefficient (Wildman–Crippen LogP) is 2.62. The number of benzene rings is 1. The molecular formula is C12H10FNO2. The summed E-state index contributed by atoms with van der Waals surface area (Å²) in [5.74, 6) is -1.38. The molecule has 0 aliphatic rings. The maximum Gasteiger partial charge on any atom is 0.352 e. The molecule has 1 aromatic carbocycles. The highest BCUT2D eigenvalue weighted by Crippen LogP contribution is 2.16. The van der Waals surface area contributed by atoms with Gasteiger partial charge >= 0.3 is 5.97 Å². The van der Waals surface area contributed by atoms with Gasteiger partial charge in [-0.1, -0.05) is 6.07 Å². The van der Waals surface area contributed by atoms with Gasteiger partial charge in [0, 0.05) is 11.9 Å². The fourth-order valence-electron chi connectivity index (χ4n) is 1.51. The predicted molar refractivity (Wildman–Crippen MR) is 57.4 cm³/mol. The van der Waals surface area contributed by atoms with Crippen molar-refractivity contribution in [2.24, 2.45) is 0 Å². The summed E-state index contributed by atoms with van der Waals surface area (Å²) < 4.78 is 14.8. The first-order valence-corrected chi connectivity index (χ1v) is 4.77. The Morgan fingerprint density at radius 2 is 2.12 bits per heavy atom. The van der Waals surface area contributed by atoms with E-state index >= 15 is 0 Å². The van der Waals surface area contributed by atoms with E-state index in [4.69, 9.17) is 5.11 Å². The van der Waals surface area contributed by atoms with Gasteiger partial charge in [-0.25, -0.2) is 9.18 Å². The molecular weight excluding hydrogens is 209 g/mol. The van der Waals surface area contributed by atoms with Crippen LogP contribution in [0.15, 0.2) is 36.5 Å². The molecule has 3 nitrogen and oxygen atoms in total. The van der Waals surface area contributed by atoms with E-state index in [1.807, 2.05) is 0 Å². The number of aryl methyl sites for hydroxylation is 1. The van der Waals surface area contributed by atoms with Crippen molar-refractivity contribution < 1.29 is 14.3 Å². The number of hydrogen-bond donors (Lipinski definition) is 1. The first kappa shape index (κ1) is 10.4. The maximum absolute atomic E-state index is 13.3. The Kier molecular flexibility index (Phi) is 2.48. The van der Waals surface area contributed by atoms with Crippen LogP contribution in [0.1, 0.15) is 16.1 Å². The van der Waals surface area contributed by atoms with Gasteiger partial charge < -0.3 is 9.67 Å². The van der Waals surface area contributed by atoms with Crippen molar-refractivity contribution in [1.29, 1.82) is 0 Å². The molecule has 4 heteroatoms. The molecule has 82 valence electrons. The molecule has 0 unspecified atom stereocenters. The summed E-state index contributed by atoms with van der Waals surface area (Å²) in [4.78, 5) is 10.9. The van der Waals surface area contributed by atoms with E-state index in [2.05, 4.69) is 0 Å². The quantitative estimate of drug-likeness (QED) is 0.843. The molecule has 0 saturated heterocycles. The molecule has 0 radical (unpaired) electrons. The Bertz CT molecular complexity index is 546. The number of aromatic carboxylic acids is 1. The second-order valence-electron chi connectivity index (χ2n) is 3.50. The van der Waals surface area contributed by atoms with Gasteiger partial charge in [-0.15, -0.1) is 0 Å². The average Bonchev–Trinajstić information content (AvgIpc) is 2.71. The van der Waals surface area contributed by atoms with Crippen molar-refractivity contribution in [2.45, 2.75) is 6.92 Å². The standard InChI is InChI=1S/C12H10FNO2/c1-8-4-5-9(7-10(8)13)14-6-2-3-11(14)12(15)16/h2-7H,1H3,(H,15,16). The minimum Gasteiger partial charge on any atom is -0.477 e. The van der Waals surface area contributed by atoms with Crippen molar-refractivity contribution in [3.8, 4) is 5.69 Å². The summed E-state index contributed by atoms with van der Waals surface area (Å²) in [6, 6.07) is 7.71. The van der Waals surface area contributed by atoms with Gasteiger partial charge in [0.2, 0.25) is 0 Å². The molecule has 1 N–H and O–H groups in total. The minimum absolute atomic E-state index is 0.114. The number of nitrogens with zero attached hydrogens (tertiary/aromatic N) is 1. The first-order valence-electron chi connectivity index (χ1n) is 4.77. The number of carboxylic acid groups (broad SMARTS) is 1. The molecule has 0 spiro atoms. The molecule has 0 saturated carbocycles. The van der Waals surface area contributed by atoms with Gasteiger partial charge in [-0.05, 0) is 36.8 Å². The lowest BCUT2D eigenvalue weighted by atomic mass is 10.2. The van der Waals surface area contributed by atoms with Gasteiger partial charge in [0.1, 0.15) is 11.5 Å². The highest BCUT2D eigenvalue weighted by molar-refractivity contribution is 5.86. The number of rotatable bonds is 2. The van der Waals surface area contributed by atoms with Gasteiger partial charge in [0.15, 0.2) is 0 Å². The Morgan fingerprint density at radius 3 is 2.75 bits per heavy atom. The second-order valence-corrected chi connectivity index (χ2v) is 3.50. The fraction of sp³-hybridized carbons (Fsp3) is 0.0833. The summed E-state index contributed by atoms with van der Waals surface area (Å²) in [6.07, 6.45) is 1.59. The molecule has 0 fully saturated rings. The highest BCUT2D eigenvalue weighted by atomic mass is 19.1. The summed E-state index contributed by atoms with van der Waals surface area (Å²) in [5, 5.41) is 8.93. The molecule has 0 bridgehead atoms. The van der Waals surface area contributed by atoms with Crippen LogP contribution in [0.2, 0.25) is 0 Å². The molecule has 1 heterocycles. The van der Waals surface area contributed by atoms with Crippen LogP contribution >= 0.6 is 0 Å². The zero-order chi connectivity index (χ0) is 11.7. The van der Waals surface area contributed by atoms with Crippen LogP contribution < -0.4 is 0 Å². The summed E-state index contributed by atoms with van der Waals surface area (Å²) in [6.45, 7) is 1.66. The van der Waals surface area contributed by atoms with Crippen LogP contribution in [0.4, 0.5) is 4.39 Å². The lowest BCUT2D eigenvalue weighted by Gasteiger charge is -2.07. The van der Waals surface area contributed by atoms with Crippen molar-refractivity contribution in [3.63, 3.8) is 0 Å². The third kappa shape index (κ3) is 1.69. The lowest BCUT2D eigenvalue weighted by Crippen LogP contribution is -2.05. The molecule has 1 aromatic heterocycles. The molecule has 0 aliphatic heterocycles. The number of aromatic nitrogens is 1. The summed E-state index contributed by atoms with van der Waals surface area (Å²) in [5.41, 5.74) is 1.15. The largest absolute Gasteiger partial charge is 0.477 e. The minimum atomic E-state index is -1.04.